The van der Waals surface area contributed by atoms with Crippen LogP contribution in [0.3, 0.4) is 0 Å². The normalized spacial score (nSPS) is 10.9. The fourth-order valence-electron chi connectivity index (χ4n) is 2.43. The van der Waals surface area contributed by atoms with Crippen LogP contribution in [-0.4, -0.2) is 26.1 Å². The summed E-state index contributed by atoms with van der Waals surface area (Å²) in [7, 11) is -2.96. The molecule has 0 amide bonds. The summed E-state index contributed by atoms with van der Waals surface area (Å²) in [6, 6.07) is 18.6. The molecule has 0 N–H and O–H groups in total. The summed E-state index contributed by atoms with van der Waals surface area (Å²) in [5.41, 5.74) is 8.04. The Labute approximate surface area is 193 Å². The molecule has 3 rings (SSSR count). The van der Waals surface area contributed by atoms with E-state index in [9.17, 15) is 0 Å². The maximum atomic E-state index is 6.03. The molecule has 0 bridgehead atoms. The molecular weight excluding hydrogens is 428 g/mol. The van der Waals surface area contributed by atoms with E-state index in [2.05, 4.69) is 72.2 Å². The van der Waals surface area contributed by atoms with Crippen molar-refractivity contribution >= 4 is 16.1 Å². The number of hydrogen-bond donors (Lipinski definition) is 0. The van der Waals surface area contributed by atoms with Crippen molar-refractivity contribution in [3.05, 3.63) is 72.1 Å². The van der Waals surface area contributed by atoms with E-state index in [1.807, 2.05) is 48.5 Å². The summed E-state index contributed by atoms with van der Waals surface area (Å²) in [5.74, 6) is 8.36. The van der Waals surface area contributed by atoms with Gasteiger partial charge >= 0.3 is 0 Å². The van der Waals surface area contributed by atoms with Gasteiger partial charge in [-0.05, 0) is 24.3 Å². The Kier molecular flexibility index (Phi) is 7.20. The van der Waals surface area contributed by atoms with Crippen LogP contribution in [0.15, 0.2) is 60.7 Å². The number of benzene rings is 1. The molecule has 0 aliphatic carbocycles. The number of aromatic nitrogens is 2. The second kappa shape index (κ2) is 9.87. The second-order valence-corrected chi connectivity index (χ2v) is 18.9. The highest BCUT2D eigenvalue weighted by molar-refractivity contribution is 6.84. The van der Waals surface area contributed by atoms with E-state index < -0.39 is 16.1 Å². The molecule has 3 aromatic rings. The Morgan fingerprint density at radius 1 is 0.562 bits per heavy atom. The van der Waals surface area contributed by atoms with Crippen molar-refractivity contribution in [1.82, 2.24) is 9.97 Å². The fraction of sp³-hybridized carbons (Fsp3) is 0.231. The van der Waals surface area contributed by atoms with Crippen LogP contribution < -0.4 is 9.47 Å². The van der Waals surface area contributed by atoms with Gasteiger partial charge in [0.15, 0.2) is 11.5 Å². The largest absolute Gasteiger partial charge is 0.435 e. The van der Waals surface area contributed by atoms with Crippen molar-refractivity contribution in [3.63, 3.8) is 0 Å². The zero-order valence-corrected chi connectivity index (χ0v) is 21.5. The third-order valence-corrected chi connectivity index (χ3v) is 5.61. The van der Waals surface area contributed by atoms with Gasteiger partial charge in [-0.1, -0.05) is 75.4 Å². The topological polar surface area (TPSA) is 44.2 Å². The van der Waals surface area contributed by atoms with Gasteiger partial charge in [-0.3, -0.25) is 0 Å². The van der Waals surface area contributed by atoms with Crippen LogP contribution in [0.4, 0.5) is 0 Å². The SMILES string of the molecule is C[Si](C)(C)C#Cc1cccc(Oc2ccccc2Oc2cccc(C#C[Si](C)(C)C)n2)n1. The summed E-state index contributed by atoms with van der Waals surface area (Å²) >= 11 is 0. The number of pyridine rings is 2. The van der Waals surface area contributed by atoms with Crippen molar-refractivity contribution in [3.8, 4) is 46.2 Å². The van der Waals surface area contributed by atoms with Crippen molar-refractivity contribution in [2.75, 3.05) is 0 Å². The first kappa shape index (κ1) is 23.3. The lowest BCUT2D eigenvalue weighted by Gasteiger charge is -2.11. The van der Waals surface area contributed by atoms with Gasteiger partial charge in [-0.15, -0.1) is 11.1 Å². The van der Waals surface area contributed by atoms with Crippen LogP contribution in [-0.2, 0) is 0 Å². The Morgan fingerprint density at radius 2 is 0.969 bits per heavy atom. The summed E-state index contributed by atoms with van der Waals surface area (Å²) in [6.45, 7) is 13.2. The molecule has 0 fully saturated rings. The van der Waals surface area contributed by atoms with E-state index in [1.54, 1.807) is 12.1 Å². The van der Waals surface area contributed by atoms with Crippen molar-refractivity contribution in [1.29, 1.82) is 0 Å². The molecule has 0 atom stereocenters. The molecule has 32 heavy (non-hydrogen) atoms. The van der Waals surface area contributed by atoms with Crippen LogP contribution in [0.5, 0.6) is 23.3 Å². The van der Waals surface area contributed by atoms with Gasteiger partial charge in [-0.25, -0.2) is 9.97 Å². The summed E-state index contributed by atoms with van der Waals surface area (Å²) in [6.07, 6.45) is 0. The lowest BCUT2D eigenvalue weighted by molar-refractivity contribution is 0.401. The molecule has 0 aliphatic heterocycles. The van der Waals surface area contributed by atoms with Crippen LogP contribution in [0, 0.1) is 22.9 Å². The maximum absolute atomic E-state index is 6.03. The van der Waals surface area contributed by atoms with E-state index in [-0.39, 0.29) is 0 Å². The minimum atomic E-state index is -1.48. The highest BCUT2D eigenvalue weighted by atomic mass is 28.3. The quantitative estimate of drug-likeness (QED) is 0.331. The Bertz CT molecular complexity index is 1120. The Balaban J connectivity index is 1.82. The average molecular weight is 457 g/mol. The van der Waals surface area contributed by atoms with E-state index in [1.165, 1.54) is 0 Å². The maximum Gasteiger partial charge on any atom is 0.220 e. The molecule has 162 valence electrons. The minimum absolute atomic E-state index is 0.464. The lowest BCUT2D eigenvalue weighted by Crippen LogP contribution is -2.16. The van der Waals surface area contributed by atoms with Gasteiger partial charge in [0.05, 0.1) is 0 Å². The number of nitrogens with zero attached hydrogens (tertiary/aromatic N) is 2. The molecule has 6 heteroatoms. The van der Waals surface area contributed by atoms with Crippen LogP contribution in [0.2, 0.25) is 39.3 Å². The first-order valence-electron chi connectivity index (χ1n) is 10.5. The van der Waals surface area contributed by atoms with Gasteiger partial charge in [0, 0.05) is 12.1 Å². The molecule has 4 nitrogen and oxygen atoms in total. The molecule has 0 saturated heterocycles. The fourth-order valence-corrected chi connectivity index (χ4v) is 3.44. The first-order chi connectivity index (χ1) is 15.1. The summed E-state index contributed by atoms with van der Waals surface area (Å²) in [5, 5.41) is 0. The monoisotopic (exact) mass is 456 g/mol. The summed E-state index contributed by atoms with van der Waals surface area (Å²) in [4.78, 5) is 9.04. The van der Waals surface area contributed by atoms with Crippen molar-refractivity contribution < 1.29 is 9.47 Å². The highest BCUT2D eigenvalue weighted by Gasteiger charge is 2.11. The van der Waals surface area contributed by atoms with Crippen molar-refractivity contribution in [2.24, 2.45) is 0 Å². The molecule has 0 aliphatic rings. The number of hydrogen-bond acceptors (Lipinski definition) is 4. The standard InChI is InChI=1S/C26H28N2O2Si2/c1-31(2,3)19-17-21-11-9-15-25(27-21)29-23-13-7-8-14-24(23)30-26-16-10-12-22(28-26)18-20-32(4,5)6/h7-16H,1-6H3. The third kappa shape index (κ3) is 7.74. The molecule has 0 unspecified atom stereocenters. The van der Waals surface area contributed by atoms with Crippen LogP contribution in [0.1, 0.15) is 11.4 Å². The number of ether oxygens (including phenoxy) is 2. The first-order valence-corrected chi connectivity index (χ1v) is 17.5. The molecule has 2 heterocycles. The van der Waals surface area contributed by atoms with Gasteiger partial charge in [0.2, 0.25) is 11.8 Å². The van der Waals surface area contributed by atoms with Crippen LogP contribution in [0.25, 0.3) is 0 Å². The molecule has 0 spiro atoms. The predicted molar refractivity (Wildman–Crippen MR) is 136 cm³/mol. The average Bonchev–Trinajstić information content (AvgIpc) is 2.72. The molecule has 0 saturated carbocycles. The van der Waals surface area contributed by atoms with Gasteiger partial charge in [0.25, 0.3) is 0 Å². The zero-order valence-electron chi connectivity index (χ0n) is 19.5. The summed E-state index contributed by atoms with van der Waals surface area (Å²) < 4.78 is 12.1. The predicted octanol–water partition coefficient (Wildman–Crippen LogP) is 6.52. The minimum Gasteiger partial charge on any atom is -0.435 e. The number of rotatable bonds is 4. The number of para-hydroxylation sites is 2. The second-order valence-electron chi connectivity index (χ2n) is 9.37. The van der Waals surface area contributed by atoms with E-state index >= 15 is 0 Å². The molecule has 0 radical (unpaired) electrons. The Hall–Kier alpha value is -3.33. The lowest BCUT2D eigenvalue weighted by atomic mass is 10.3. The zero-order chi connectivity index (χ0) is 23.2. The molecule has 1 aromatic carbocycles. The van der Waals surface area contributed by atoms with Gasteiger partial charge in [0.1, 0.15) is 27.5 Å². The van der Waals surface area contributed by atoms with E-state index in [0.29, 0.717) is 34.6 Å². The third-order valence-electron chi connectivity index (χ3n) is 3.86. The van der Waals surface area contributed by atoms with Gasteiger partial charge < -0.3 is 9.47 Å². The van der Waals surface area contributed by atoms with Crippen molar-refractivity contribution in [2.45, 2.75) is 39.3 Å². The molecule has 2 aromatic heterocycles. The van der Waals surface area contributed by atoms with Crippen LogP contribution >= 0.6 is 0 Å². The van der Waals surface area contributed by atoms with E-state index in [4.69, 9.17) is 9.47 Å². The van der Waals surface area contributed by atoms with E-state index in [0.717, 1.165) is 0 Å². The molecular formula is C26H28N2O2Si2. The Morgan fingerprint density at radius 3 is 1.34 bits per heavy atom. The van der Waals surface area contributed by atoms with Gasteiger partial charge in [-0.2, -0.15) is 0 Å². The highest BCUT2D eigenvalue weighted by Crippen LogP contribution is 2.33. The smallest absolute Gasteiger partial charge is 0.220 e.